The largest absolute Gasteiger partial charge is 0.477 e. The van der Waals surface area contributed by atoms with Crippen LogP contribution in [0.3, 0.4) is 0 Å². The van der Waals surface area contributed by atoms with Gasteiger partial charge in [0.1, 0.15) is 5.69 Å². The topological polar surface area (TPSA) is 67.5 Å². The summed E-state index contributed by atoms with van der Waals surface area (Å²) in [5.74, 6) is -0.538. The second-order valence-electron chi connectivity index (χ2n) is 3.54. The Labute approximate surface area is 110 Å². The number of fused-ring (bicyclic) bond motifs is 1. The van der Waals surface area contributed by atoms with E-state index in [0.717, 1.165) is 4.88 Å². The van der Waals surface area contributed by atoms with Gasteiger partial charge in [0, 0.05) is 0 Å². The van der Waals surface area contributed by atoms with Gasteiger partial charge in [0.2, 0.25) is 0 Å². The van der Waals surface area contributed by atoms with Crippen molar-refractivity contribution in [1.82, 2.24) is 14.6 Å². The second kappa shape index (κ2) is 4.08. The van der Waals surface area contributed by atoms with Crippen molar-refractivity contribution < 1.29 is 9.90 Å². The van der Waals surface area contributed by atoms with E-state index in [-0.39, 0.29) is 5.69 Å². The lowest BCUT2D eigenvalue weighted by atomic mass is 10.3. The first-order chi connectivity index (χ1) is 8.66. The third-order valence-electron chi connectivity index (χ3n) is 2.44. The Bertz CT molecular complexity index is 750. The van der Waals surface area contributed by atoms with Crippen molar-refractivity contribution in [3.05, 3.63) is 40.4 Å². The van der Waals surface area contributed by atoms with E-state index in [0.29, 0.717) is 15.8 Å². The summed E-state index contributed by atoms with van der Waals surface area (Å²) in [4.78, 5) is 12.0. The van der Waals surface area contributed by atoms with Gasteiger partial charge < -0.3 is 5.11 Å². The number of halogens is 1. The average Bonchev–Trinajstić information content (AvgIpc) is 2.94. The van der Waals surface area contributed by atoms with Crippen LogP contribution in [0.15, 0.2) is 30.3 Å². The van der Waals surface area contributed by atoms with Crippen LogP contribution in [-0.2, 0) is 0 Å². The lowest BCUT2D eigenvalue weighted by Crippen LogP contribution is -2.05. The van der Waals surface area contributed by atoms with E-state index in [1.807, 2.05) is 0 Å². The highest BCUT2D eigenvalue weighted by Gasteiger charge is 2.16. The molecule has 3 aromatic rings. The summed E-state index contributed by atoms with van der Waals surface area (Å²) >= 11 is 7.21. The van der Waals surface area contributed by atoms with E-state index < -0.39 is 5.97 Å². The molecule has 90 valence electrons. The third-order valence-corrected chi connectivity index (χ3v) is 3.67. The van der Waals surface area contributed by atoms with Crippen LogP contribution in [0.1, 0.15) is 10.5 Å². The van der Waals surface area contributed by atoms with Crippen molar-refractivity contribution in [1.29, 1.82) is 0 Å². The number of carboxylic acid groups (broad SMARTS) is 1. The fraction of sp³-hybridized carbons (Fsp3) is 0. The summed E-state index contributed by atoms with van der Waals surface area (Å²) < 4.78 is 2.12. The average molecular weight is 280 g/mol. The summed E-state index contributed by atoms with van der Waals surface area (Å²) in [6, 6.07) is 8.39. The van der Waals surface area contributed by atoms with Crippen molar-refractivity contribution in [2.75, 3.05) is 0 Å². The number of aromatic nitrogens is 3. The molecule has 0 saturated heterocycles. The van der Waals surface area contributed by atoms with Gasteiger partial charge in [-0.2, -0.15) is 0 Å². The van der Waals surface area contributed by atoms with Crippen molar-refractivity contribution in [3.8, 4) is 10.7 Å². The van der Waals surface area contributed by atoms with Crippen LogP contribution in [-0.4, -0.2) is 25.7 Å². The number of nitrogens with zero attached hydrogens (tertiary/aromatic N) is 3. The maximum atomic E-state index is 11.2. The van der Waals surface area contributed by atoms with Crippen LogP contribution in [0, 0.1) is 0 Å². The molecule has 0 saturated carbocycles. The summed E-state index contributed by atoms with van der Waals surface area (Å²) in [7, 11) is 0. The lowest BCUT2D eigenvalue weighted by molar-refractivity contribution is 0.0689. The Balaban J connectivity index is 2.34. The molecule has 0 fully saturated rings. The minimum absolute atomic E-state index is 0.122. The van der Waals surface area contributed by atoms with E-state index in [1.165, 1.54) is 21.8 Å². The molecule has 0 aliphatic heterocycles. The summed E-state index contributed by atoms with van der Waals surface area (Å²) in [5, 5.41) is 17.2. The molecule has 0 aromatic carbocycles. The summed E-state index contributed by atoms with van der Waals surface area (Å²) in [6.45, 7) is 0. The zero-order chi connectivity index (χ0) is 12.7. The van der Waals surface area contributed by atoms with Crippen LogP contribution < -0.4 is 0 Å². The van der Waals surface area contributed by atoms with Crippen LogP contribution in [0.25, 0.3) is 16.3 Å². The van der Waals surface area contributed by atoms with Gasteiger partial charge in [0.15, 0.2) is 11.5 Å². The number of pyridine rings is 1. The standard InChI is InChI=1S/C11H6ClN3O2S/c12-8-5-4-7(18-8)10-14-13-9-3-1-2-6(11(16)17)15(9)10/h1-5H,(H,16,17). The molecule has 1 N–H and O–H groups in total. The molecule has 0 spiro atoms. The normalized spacial score (nSPS) is 10.9. The smallest absolute Gasteiger partial charge is 0.352 e. The molecule has 7 heteroatoms. The highest BCUT2D eigenvalue weighted by Crippen LogP contribution is 2.30. The summed E-state index contributed by atoms with van der Waals surface area (Å²) in [6.07, 6.45) is 0. The first-order valence-corrected chi connectivity index (χ1v) is 6.19. The maximum absolute atomic E-state index is 11.2. The van der Waals surface area contributed by atoms with Crippen molar-refractivity contribution in [2.45, 2.75) is 0 Å². The molecule has 0 atom stereocenters. The molecular weight excluding hydrogens is 274 g/mol. The Kier molecular flexibility index (Phi) is 2.53. The minimum atomic E-state index is -1.02. The number of carboxylic acids is 1. The van der Waals surface area contributed by atoms with E-state index in [9.17, 15) is 9.90 Å². The Morgan fingerprint density at radius 3 is 2.78 bits per heavy atom. The first-order valence-electron chi connectivity index (χ1n) is 5.00. The fourth-order valence-electron chi connectivity index (χ4n) is 1.70. The van der Waals surface area contributed by atoms with Gasteiger partial charge in [-0.25, -0.2) is 4.79 Å². The molecule has 18 heavy (non-hydrogen) atoms. The fourth-order valence-corrected chi connectivity index (χ4v) is 2.72. The Hall–Kier alpha value is -1.92. The molecule has 3 aromatic heterocycles. The van der Waals surface area contributed by atoms with Gasteiger partial charge in [0.25, 0.3) is 0 Å². The lowest BCUT2D eigenvalue weighted by Gasteiger charge is -2.01. The van der Waals surface area contributed by atoms with E-state index in [4.69, 9.17) is 11.6 Å². The number of rotatable bonds is 2. The van der Waals surface area contributed by atoms with Gasteiger partial charge in [-0.15, -0.1) is 21.5 Å². The minimum Gasteiger partial charge on any atom is -0.477 e. The van der Waals surface area contributed by atoms with Gasteiger partial charge in [0.05, 0.1) is 9.21 Å². The molecule has 0 aliphatic carbocycles. The molecule has 5 nitrogen and oxygen atoms in total. The molecule has 0 amide bonds. The van der Waals surface area contributed by atoms with Crippen LogP contribution in [0.2, 0.25) is 4.34 Å². The molecule has 0 bridgehead atoms. The van der Waals surface area contributed by atoms with Gasteiger partial charge in [-0.05, 0) is 24.3 Å². The highest BCUT2D eigenvalue weighted by atomic mass is 35.5. The number of aromatic carboxylic acids is 1. The number of thiophene rings is 1. The van der Waals surface area contributed by atoms with E-state index >= 15 is 0 Å². The van der Waals surface area contributed by atoms with Crippen molar-refractivity contribution in [3.63, 3.8) is 0 Å². The molecule has 0 radical (unpaired) electrons. The predicted octanol–water partition coefficient (Wildman–Crippen LogP) is 2.81. The zero-order valence-corrected chi connectivity index (χ0v) is 10.4. The van der Waals surface area contributed by atoms with Gasteiger partial charge in [-0.3, -0.25) is 4.40 Å². The third kappa shape index (κ3) is 1.66. The molecule has 0 aliphatic rings. The van der Waals surface area contributed by atoms with E-state index in [1.54, 1.807) is 24.3 Å². The van der Waals surface area contributed by atoms with Crippen LogP contribution in [0.4, 0.5) is 0 Å². The second-order valence-corrected chi connectivity index (χ2v) is 5.25. The summed E-state index contributed by atoms with van der Waals surface area (Å²) in [5.41, 5.74) is 0.617. The maximum Gasteiger partial charge on any atom is 0.352 e. The number of hydrogen-bond acceptors (Lipinski definition) is 4. The molecule has 3 heterocycles. The Morgan fingerprint density at radius 2 is 2.11 bits per heavy atom. The predicted molar refractivity (Wildman–Crippen MR) is 68.3 cm³/mol. The van der Waals surface area contributed by atoms with Crippen molar-refractivity contribution >= 4 is 34.6 Å². The van der Waals surface area contributed by atoms with Crippen molar-refractivity contribution in [2.24, 2.45) is 0 Å². The number of hydrogen-bond donors (Lipinski definition) is 1. The van der Waals surface area contributed by atoms with E-state index in [2.05, 4.69) is 10.2 Å². The van der Waals surface area contributed by atoms with Gasteiger partial charge in [-0.1, -0.05) is 17.7 Å². The number of carbonyl (C=O) groups is 1. The first kappa shape index (κ1) is 11.2. The zero-order valence-electron chi connectivity index (χ0n) is 8.87. The van der Waals surface area contributed by atoms with Gasteiger partial charge >= 0.3 is 5.97 Å². The molecule has 0 unspecified atom stereocenters. The molecule has 3 rings (SSSR count). The SMILES string of the molecule is O=C(O)c1cccc2nnc(-c3ccc(Cl)s3)n12. The van der Waals surface area contributed by atoms with Crippen LogP contribution >= 0.6 is 22.9 Å². The Morgan fingerprint density at radius 1 is 1.28 bits per heavy atom. The highest BCUT2D eigenvalue weighted by molar-refractivity contribution is 7.19. The van der Waals surface area contributed by atoms with Crippen LogP contribution in [0.5, 0.6) is 0 Å². The quantitative estimate of drug-likeness (QED) is 0.783. The molecular formula is C11H6ClN3O2S. The monoisotopic (exact) mass is 279 g/mol.